The molecule has 0 aromatic heterocycles. The van der Waals surface area contributed by atoms with E-state index in [9.17, 15) is 9.59 Å². The summed E-state index contributed by atoms with van der Waals surface area (Å²) < 4.78 is 0. The van der Waals surface area contributed by atoms with Crippen LogP contribution in [0.25, 0.3) is 0 Å². The maximum Gasteiger partial charge on any atom is 0.320 e. The van der Waals surface area contributed by atoms with E-state index in [0.29, 0.717) is 13.0 Å². The highest BCUT2D eigenvalue weighted by atomic mass is 16.4. The molecule has 0 aromatic rings. The average Bonchev–Trinajstić information content (AvgIpc) is 2.29. The fourth-order valence-electron chi connectivity index (χ4n) is 1.92. The number of aliphatic carboxylic acids is 1. The van der Waals surface area contributed by atoms with Crippen LogP contribution in [0.15, 0.2) is 0 Å². The number of primary amides is 1. The average molecular weight is 245 g/mol. The SMILES string of the molecule is NC(=O)C1CC[NH+](CCCC(N)C(=O)O)NC1. The number of rotatable bonds is 6. The molecule has 1 aliphatic rings. The molecule has 17 heavy (non-hydrogen) atoms. The second-order valence-corrected chi connectivity index (χ2v) is 4.46. The molecule has 1 aliphatic heterocycles. The van der Waals surface area contributed by atoms with Crippen LogP contribution in [-0.2, 0) is 9.59 Å². The third-order valence-electron chi connectivity index (χ3n) is 3.11. The maximum absolute atomic E-state index is 10.9. The van der Waals surface area contributed by atoms with Gasteiger partial charge in [-0.05, 0) is 6.42 Å². The number of carbonyl (C=O) groups is 2. The molecule has 3 atom stereocenters. The van der Waals surface area contributed by atoms with Crippen LogP contribution >= 0.6 is 0 Å². The van der Waals surface area contributed by atoms with Gasteiger partial charge >= 0.3 is 5.97 Å². The Morgan fingerprint density at radius 2 is 2.24 bits per heavy atom. The first kappa shape index (κ1) is 13.9. The van der Waals surface area contributed by atoms with Crippen LogP contribution in [0, 0.1) is 5.92 Å². The lowest BCUT2D eigenvalue weighted by molar-refractivity contribution is -0.950. The van der Waals surface area contributed by atoms with Gasteiger partial charge in [0.1, 0.15) is 6.04 Å². The molecule has 1 saturated heterocycles. The van der Waals surface area contributed by atoms with Gasteiger partial charge in [-0.1, -0.05) is 0 Å². The van der Waals surface area contributed by atoms with Crippen molar-refractivity contribution in [3.05, 3.63) is 0 Å². The van der Waals surface area contributed by atoms with Crippen molar-refractivity contribution in [2.75, 3.05) is 19.6 Å². The number of hydrogen-bond acceptors (Lipinski definition) is 4. The molecular formula is C10H21N4O3+. The number of amides is 1. The van der Waals surface area contributed by atoms with Crippen molar-refractivity contribution in [3.8, 4) is 0 Å². The minimum absolute atomic E-state index is 0.0833. The zero-order valence-electron chi connectivity index (χ0n) is 9.82. The van der Waals surface area contributed by atoms with Gasteiger partial charge in [0, 0.05) is 12.8 Å². The minimum atomic E-state index is -0.958. The molecule has 7 N–H and O–H groups in total. The van der Waals surface area contributed by atoms with Crippen molar-refractivity contribution in [2.45, 2.75) is 25.3 Å². The van der Waals surface area contributed by atoms with E-state index in [2.05, 4.69) is 5.43 Å². The van der Waals surface area contributed by atoms with E-state index >= 15 is 0 Å². The van der Waals surface area contributed by atoms with Gasteiger partial charge in [0.2, 0.25) is 5.91 Å². The molecule has 98 valence electrons. The predicted octanol–water partition coefficient (Wildman–Crippen LogP) is -2.93. The number of nitrogens with two attached hydrogens (primary N) is 2. The third-order valence-corrected chi connectivity index (χ3v) is 3.11. The van der Waals surface area contributed by atoms with Gasteiger partial charge < -0.3 is 16.6 Å². The van der Waals surface area contributed by atoms with Gasteiger partial charge in [-0.2, -0.15) is 5.43 Å². The van der Waals surface area contributed by atoms with Crippen molar-refractivity contribution < 1.29 is 19.7 Å². The van der Waals surface area contributed by atoms with E-state index in [1.54, 1.807) is 0 Å². The number of carbonyl (C=O) groups excluding carboxylic acids is 1. The first-order chi connectivity index (χ1) is 8.00. The largest absolute Gasteiger partial charge is 0.480 e. The monoisotopic (exact) mass is 245 g/mol. The van der Waals surface area contributed by atoms with Gasteiger partial charge in [-0.3, -0.25) is 14.6 Å². The van der Waals surface area contributed by atoms with Crippen LogP contribution in [0.5, 0.6) is 0 Å². The van der Waals surface area contributed by atoms with Crippen LogP contribution in [0.1, 0.15) is 19.3 Å². The van der Waals surface area contributed by atoms with E-state index in [1.165, 1.54) is 5.01 Å². The van der Waals surface area contributed by atoms with Crippen molar-refractivity contribution in [2.24, 2.45) is 17.4 Å². The van der Waals surface area contributed by atoms with Crippen LogP contribution in [0.2, 0.25) is 0 Å². The summed E-state index contributed by atoms with van der Waals surface area (Å²) in [5.74, 6) is -1.30. The molecule has 0 bridgehead atoms. The number of quaternary nitrogens is 1. The second kappa shape index (κ2) is 6.53. The Hall–Kier alpha value is -1.18. The van der Waals surface area contributed by atoms with Gasteiger partial charge in [0.25, 0.3) is 0 Å². The zero-order chi connectivity index (χ0) is 12.8. The Morgan fingerprint density at radius 1 is 1.53 bits per heavy atom. The van der Waals surface area contributed by atoms with Crippen LogP contribution < -0.4 is 21.9 Å². The van der Waals surface area contributed by atoms with E-state index in [0.717, 1.165) is 25.9 Å². The quantitative estimate of drug-likeness (QED) is 0.343. The second-order valence-electron chi connectivity index (χ2n) is 4.46. The van der Waals surface area contributed by atoms with Crippen molar-refractivity contribution in [1.29, 1.82) is 0 Å². The van der Waals surface area contributed by atoms with E-state index in [1.807, 2.05) is 0 Å². The van der Waals surface area contributed by atoms with Gasteiger partial charge in [0.15, 0.2) is 0 Å². The van der Waals surface area contributed by atoms with E-state index in [4.69, 9.17) is 16.6 Å². The van der Waals surface area contributed by atoms with Crippen molar-refractivity contribution >= 4 is 11.9 Å². The van der Waals surface area contributed by atoms with Gasteiger partial charge in [-0.25, -0.2) is 0 Å². The topological polar surface area (TPSA) is 123 Å². The molecule has 1 fully saturated rings. The Labute approximate surface area is 100 Å². The fourth-order valence-corrected chi connectivity index (χ4v) is 1.92. The van der Waals surface area contributed by atoms with Gasteiger partial charge in [0.05, 0.1) is 25.6 Å². The first-order valence-corrected chi connectivity index (χ1v) is 5.87. The summed E-state index contributed by atoms with van der Waals surface area (Å²) in [4.78, 5) is 21.4. The third kappa shape index (κ3) is 4.68. The lowest BCUT2D eigenvalue weighted by atomic mass is 10.0. The predicted molar refractivity (Wildman–Crippen MR) is 60.8 cm³/mol. The Kier molecular flexibility index (Phi) is 5.33. The minimum Gasteiger partial charge on any atom is -0.480 e. The number of hydrogen-bond donors (Lipinski definition) is 5. The highest BCUT2D eigenvalue weighted by Gasteiger charge is 2.25. The molecule has 0 spiro atoms. The molecule has 1 rings (SSSR count). The normalized spacial score (nSPS) is 26.4. The van der Waals surface area contributed by atoms with E-state index < -0.39 is 12.0 Å². The Morgan fingerprint density at radius 3 is 2.71 bits per heavy atom. The number of nitrogens with one attached hydrogen (secondary N) is 2. The zero-order valence-corrected chi connectivity index (χ0v) is 9.82. The number of carboxylic acid groups (broad SMARTS) is 1. The lowest BCUT2D eigenvalue weighted by Crippen LogP contribution is -3.20. The molecule has 3 unspecified atom stereocenters. The molecule has 0 aromatic carbocycles. The van der Waals surface area contributed by atoms with Crippen molar-refractivity contribution in [3.63, 3.8) is 0 Å². The molecular weight excluding hydrogens is 224 g/mol. The standard InChI is InChI=1S/C10H20N4O3/c11-8(10(16)17)2-1-4-14-5-3-7(6-13-14)9(12)15/h7-8,13H,1-6,11H2,(H2,12,15)(H,16,17)/p+1. The maximum atomic E-state index is 10.9. The summed E-state index contributed by atoms with van der Waals surface area (Å²) in [6, 6.07) is -0.780. The number of carboxylic acids is 1. The first-order valence-electron chi connectivity index (χ1n) is 5.87. The molecule has 7 nitrogen and oxygen atoms in total. The highest BCUT2D eigenvalue weighted by Crippen LogP contribution is 2.00. The fraction of sp³-hybridized carbons (Fsp3) is 0.800. The summed E-state index contributed by atoms with van der Waals surface area (Å²) in [5.41, 5.74) is 13.8. The summed E-state index contributed by atoms with van der Waals surface area (Å²) in [6.07, 6.45) is 2.00. The molecule has 1 heterocycles. The van der Waals surface area contributed by atoms with Crippen LogP contribution in [-0.4, -0.2) is 42.7 Å². The van der Waals surface area contributed by atoms with Crippen LogP contribution in [0.3, 0.4) is 0 Å². The van der Waals surface area contributed by atoms with Crippen LogP contribution in [0.4, 0.5) is 0 Å². The summed E-state index contributed by atoms with van der Waals surface area (Å²) in [6.45, 7) is 2.23. The van der Waals surface area contributed by atoms with Gasteiger partial charge in [-0.15, -0.1) is 0 Å². The smallest absolute Gasteiger partial charge is 0.320 e. The Bertz CT molecular complexity index is 277. The molecule has 1 amide bonds. The van der Waals surface area contributed by atoms with E-state index in [-0.39, 0.29) is 11.8 Å². The summed E-state index contributed by atoms with van der Waals surface area (Å²) in [5, 5.41) is 9.78. The molecule has 7 heteroatoms. The molecule has 0 saturated carbocycles. The highest BCUT2D eigenvalue weighted by molar-refractivity contribution is 5.76. The summed E-state index contributed by atoms with van der Waals surface area (Å²) in [7, 11) is 0. The Balaban J connectivity index is 2.14. The lowest BCUT2D eigenvalue weighted by Gasteiger charge is -2.28. The summed E-state index contributed by atoms with van der Waals surface area (Å²) >= 11 is 0. The molecule has 0 aliphatic carbocycles. The molecule has 0 radical (unpaired) electrons. The van der Waals surface area contributed by atoms with Crippen molar-refractivity contribution in [1.82, 2.24) is 5.43 Å².